The highest BCUT2D eigenvalue weighted by Crippen LogP contribution is 2.34. The third kappa shape index (κ3) is 2.14. The lowest BCUT2D eigenvalue weighted by molar-refractivity contribution is 0.149. The molecule has 0 spiro atoms. The molecule has 0 fully saturated rings. The third-order valence-corrected chi connectivity index (χ3v) is 4.03. The van der Waals surface area contributed by atoms with Crippen LogP contribution in [0.2, 0.25) is 0 Å². The van der Waals surface area contributed by atoms with Crippen LogP contribution in [0.15, 0.2) is 15.1 Å². The molecule has 6 heteroatoms. The summed E-state index contributed by atoms with van der Waals surface area (Å²) in [5.41, 5.74) is -0.0648. The van der Waals surface area contributed by atoms with Crippen LogP contribution in [0, 0.1) is 3.70 Å². The van der Waals surface area contributed by atoms with Crippen LogP contribution >= 0.6 is 54.5 Å². The van der Waals surface area contributed by atoms with E-state index in [-0.39, 0.29) is 5.56 Å². The van der Waals surface area contributed by atoms with Crippen molar-refractivity contribution in [2.24, 2.45) is 0 Å². The van der Waals surface area contributed by atoms with Crippen molar-refractivity contribution in [1.29, 1.82) is 0 Å². The minimum atomic E-state index is -2.50. The average molecular weight is 413 g/mol. The van der Waals surface area contributed by atoms with Crippen molar-refractivity contribution in [2.75, 3.05) is 0 Å². The number of nitrogens with zero attached hydrogens (tertiary/aromatic N) is 1. The first-order valence-electron chi connectivity index (χ1n) is 2.81. The number of hydrogen-bond donors (Lipinski definition) is 0. The second kappa shape index (κ2) is 4.28. The van der Waals surface area contributed by atoms with Crippen molar-refractivity contribution >= 4 is 54.5 Å². The first kappa shape index (κ1) is 10.8. The topological polar surface area (TPSA) is 12.9 Å². The van der Waals surface area contributed by atoms with Crippen LogP contribution in [-0.4, -0.2) is 4.98 Å². The average Bonchev–Trinajstić information content (AvgIpc) is 1.97. The van der Waals surface area contributed by atoms with Gasteiger partial charge in [0.25, 0.3) is 6.43 Å². The standard InChI is InChI=1S/C6H2Br2F2IN/c7-2-1-12-6(11)3(4(2)8)5(9)10/h1,5H. The van der Waals surface area contributed by atoms with Gasteiger partial charge in [0.2, 0.25) is 0 Å². The number of pyridine rings is 1. The summed E-state index contributed by atoms with van der Waals surface area (Å²) in [4.78, 5) is 3.79. The molecule has 0 saturated heterocycles. The number of rotatable bonds is 1. The largest absolute Gasteiger partial charge is 0.267 e. The molecular weight excluding hydrogens is 411 g/mol. The first-order chi connectivity index (χ1) is 5.54. The number of hydrogen-bond acceptors (Lipinski definition) is 1. The van der Waals surface area contributed by atoms with Crippen molar-refractivity contribution in [3.05, 3.63) is 24.4 Å². The van der Waals surface area contributed by atoms with Crippen LogP contribution in [0.5, 0.6) is 0 Å². The molecule has 0 aliphatic rings. The summed E-state index contributed by atoms with van der Waals surface area (Å²) in [5, 5.41) is 0. The van der Waals surface area contributed by atoms with Crippen LogP contribution in [0.25, 0.3) is 0 Å². The molecule has 0 unspecified atom stereocenters. The van der Waals surface area contributed by atoms with Gasteiger partial charge < -0.3 is 0 Å². The predicted molar refractivity (Wildman–Crippen MR) is 57.3 cm³/mol. The van der Waals surface area contributed by atoms with Crippen molar-refractivity contribution < 1.29 is 8.78 Å². The summed E-state index contributed by atoms with van der Waals surface area (Å²) < 4.78 is 26.0. The van der Waals surface area contributed by atoms with E-state index in [9.17, 15) is 8.78 Å². The van der Waals surface area contributed by atoms with Crippen molar-refractivity contribution in [2.45, 2.75) is 6.43 Å². The molecule has 0 bridgehead atoms. The monoisotopic (exact) mass is 411 g/mol. The molecule has 1 rings (SSSR count). The Morgan fingerprint density at radius 2 is 2.00 bits per heavy atom. The maximum absolute atomic E-state index is 12.4. The molecule has 1 nitrogen and oxygen atoms in total. The van der Waals surface area contributed by atoms with Crippen LogP contribution < -0.4 is 0 Å². The van der Waals surface area contributed by atoms with Crippen LogP contribution in [0.4, 0.5) is 8.78 Å². The highest BCUT2D eigenvalue weighted by molar-refractivity contribution is 14.1. The van der Waals surface area contributed by atoms with Crippen molar-refractivity contribution in [3.63, 3.8) is 0 Å². The number of alkyl halides is 2. The molecule has 0 aromatic carbocycles. The lowest BCUT2D eigenvalue weighted by Crippen LogP contribution is -1.95. The lowest BCUT2D eigenvalue weighted by atomic mass is 10.3. The van der Waals surface area contributed by atoms with Gasteiger partial charge in [0, 0.05) is 10.7 Å². The maximum atomic E-state index is 12.4. The van der Waals surface area contributed by atoms with E-state index in [2.05, 4.69) is 36.8 Å². The van der Waals surface area contributed by atoms with Gasteiger partial charge >= 0.3 is 0 Å². The Kier molecular flexibility index (Phi) is 3.84. The number of halogens is 5. The normalized spacial score (nSPS) is 10.8. The highest BCUT2D eigenvalue weighted by Gasteiger charge is 2.18. The fraction of sp³-hybridized carbons (Fsp3) is 0.167. The summed E-state index contributed by atoms with van der Waals surface area (Å²) in [6, 6.07) is 0. The summed E-state index contributed by atoms with van der Waals surface area (Å²) in [5.74, 6) is 0. The summed E-state index contributed by atoms with van der Waals surface area (Å²) in [6.07, 6.45) is -1.02. The molecule has 12 heavy (non-hydrogen) atoms. The predicted octanol–water partition coefficient (Wildman–Crippen LogP) is 4.15. The molecule has 0 amide bonds. The highest BCUT2D eigenvalue weighted by atomic mass is 127. The van der Waals surface area contributed by atoms with E-state index >= 15 is 0 Å². The Morgan fingerprint density at radius 3 is 2.42 bits per heavy atom. The fourth-order valence-electron chi connectivity index (χ4n) is 0.645. The zero-order valence-electron chi connectivity index (χ0n) is 5.49. The molecule has 1 aromatic rings. The quantitative estimate of drug-likeness (QED) is 0.499. The first-order valence-corrected chi connectivity index (χ1v) is 5.48. The van der Waals surface area contributed by atoms with E-state index in [4.69, 9.17) is 0 Å². The Balaban J connectivity index is 3.33. The fourth-order valence-corrected chi connectivity index (χ4v) is 2.44. The molecule has 0 saturated carbocycles. The second-order valence-corrected chi connectivity index (χ2v) is 4.59. The Hall–Kier alpha value is 0.700. The van der Waals surface area contributed by atoms with E-state index in [0.29, 0.717) is 12.6 Å². The molecule has 0 radical (unpaired) electrons. The Morgan fingerprint density at radius 1 is 1.42 bits per heavy atom. The summed E-state index contributed by atoms with van der Waals surface area (Å²) in [7, 11) is 0. The van der Waals surface area contributed by atoms with E-state index in [1.165, 1.54) is 6.20 Å². The van der Waals surface area contributed by atoms with Gasteiger partial charge in [0.1, 0.15) is 3.70 Å². The van der Waals surface area contributed by atoms with E-state index in [0.717, 1.165) is 0 Å². The van der Waals surface area contributed by atoms with E-state index in [1.54, 1.807) is 22.6 Å². The smallest absolute Gasteiger partial charge is 0.249 e. The van der Waals surface area contributed by atoms with Gasteiger partial charge in [-0.2, -0.15) is 0 Å². The molecule has 1 heterocycles. The van der Waals surface area contributed by atoms with Gasteiger partial charge in [-0.15, -0.1) is 0 Å². The van der Waals surface area contributed by atoms with Crippen molar-refractivity contribution in [3.8, 4) is 0 Å². The van der Waals surface area contributed by atoms with Gasteiger partial charge in [0.05, 0.1) is 10.0 Å². The minimum Gasteiger partial charge on any atom is -0.249 e. The molecule has 0 aliphatic carbocycles. The van der Waals surface area contributed by atoms with Gasteiger partial charge in [0.15, 0.2) is 0 Å². The van der Waals surface area contributed by atoms with E-state index < -0.39 is 6.43 Å². The van der Waals surface area contributed by atoms with Crippen LogP contribution in [0.1, 0.15) is 12.0 Å². The zero-order chi connectivity index (χ0) is 9.30. The molecule has 0 N–H and O–H groups in total. The van der Waals surface area contributed by atoms with Gasteiger partial charge in [-0.05, 0) is 54.5 Å². The van der Waals surface area contributed by atoms with Gasteiger partial charge in [-0.3, -0.25) is 0 Å². The maximum Gasteiger partial charge on any atom is 0.267 e. The zero-order valence-corrected chi connectivity index (χ0v) is 10.8. The second-order valence-electron chi connectivity index (χ2n) is 1.93. The van der Waals surface area contributed by atoms with Gasteiger partial charge in [-0.25, -0.2) is 13.8 Å². The van der Waals surface area contributed by atoms with Crippen LogP contribution in [-0.2, 0) is 0 Å². The third-order valence-electron chi connectivity index (χ3n) is 1.18. The molecule has 1 aromatic heterocycles. The van der Waals surface area contributed by atoms with Crippen LogP contribution in [0.3, 0.4) is 0 Å². The molecule has 0 aliphatic heterocycles. The van der Waals surface area contributed by atoms with E-state index in [1.807, 2.05) is 0 Å². The summed E-state index contributed by atoms with van der Waals surface area (Å²) >= 11 is 7.94. The Labute approximate surface area is 98.3 Å². The molecular formula is C6H2Br2F2IN. The molecule has 66 valence electrons. The lowest BCUT2D eigenvalue weighted by Gasteiger charge is -2.06. The SMILES string of the molecule is FC(F)c1c(I)ncc(Br)c1Br. The number of aromatic nitrogens is 1. The van der Waals surface area contributed by atoms with Gasteiger partial charge in [-0.1, -0.05) is 0 Å². The minimum absolute atomic E-state index is 0.0648. The van der Waals surface area contributed by atoms with Crippen molar-refractivity contribution in [1.82, 2.24) is 4.98 Å². The Bertz CT molecular complexity index is 306. The summed E-state index contributed by atoms with van der Waals surface area (Å²) in [6.45, 7) is 0. The molecule has 0 atom stereocenters.